The molecule has 0 saturated carbocycles. The summed E-state index contributed by atoms with van der Waals surface area (Å²) in [5.41, 5.74) is 11.1. The third-order valence-corrected chi connectivity index (χ3v) is 8.22. The summed E-state index contributed by atoms with van der Waals surface area (Å²) in [5, 5.41) is 13.0. The number of ether oxygens (including phenoxy) is 1. The van der Waals surface area contributed by atoms with E-state index in [2.05, 4.69) is 10.3 Å². The Bertz CT molecular complexity index is 1670. The molecule has 10 nitrogen and oxygen atoms in total. The van der Waals surface area contributed by atoms with E-state index in [0.29, 0.717) is 43.9 Å². The van der Waals surface area contributed by atoms with Gasteiger partial charge in [0.25, 0.3) is 11.8 Å². The molecule has 4 aromatic rings. The Kier molecular flexibility index (Phi) is 8.25. The van der Waals surface area contributed by atoms with Crippen molar-refractivity contribution in [1.82, 2.24) is 20.1 Å². The molecule has 6 rings (SSSR count). The number of nitrogens with two attached hydrogens (primary N) is 1. The van der Waals surface area contributed by atoms with E-state index in [4.69, 9.17) is 10.5 Å². The molecule has 4 N–H and O–H groups in total. The molecule has 0 aliphatic carbocycles. The van der Waals surface area contributed by atoms with Gasteiger partial charge in [-0.15, -0.1) is 0 Å². The molecule has 3 aromatic carbocycles. The summed E-state index contributed by atoms with van der Waals surface area (Å²) in [5.74, 6) is -0.412. The number of hydrogen-bond acceptors (Lipinski definition) is 6. The highest BCUT2D eigenvalue weighted by Gasteiger charge is 2.39. The number of benzene rings is 3. The lowest BCUT2D eigenvalue weighted by atomic mass is 9.95. The fourth-order valence-corrected chi connectivity index (χ4v) is 5.92. The Morgan fingerprint density at radius 2 is 1.55 bits per heavy atom. The highest BCUT2D eigenvalue weighted by Crippen LogP contribution is 2.35. The molecule has 2 aliphatic heterocycles. The van der Waals surface area contributed by atoms with E-state index < -0.39 is 24.1 Å². The SMILES string of the molecule is Nc1ncc(-c2ccc(C(=O)N3CCOCC3)cc2)cc1C(=O)NC1CCN(C(=O)O)C1c1cccc(-c2ccccc2)c1. The molecule has 3 heterocycles. The van der Waals surface area contributed by atoms with Crippen LogP contribution >= 0.6 is 0 Å². The minimum atomic E-state index is -1.05. The third kappa shape index (κ3) is 5.97. The lowest BCUT2D eigenvalue weighted by Gasteiger charge is -2.27. The number of anilines is 1. The Morgan fingerprint density at radius 1 is 0.841 bits per heavy atom. The number of likely N-dealkylation sites (tertiary alicyclic amines) is 1. The number of nitrogen functional groups attached to an aromatic ring is 1. The molecule has 1 aromatic heterocycles. The number of carboxylic acid groups (broad SMARTS) is 1. The van der Waals surface area contributed by atoms with Gasteiger partial charge in [-0.3, -0.25) is 14.5 Å². The normalized spacial score (nSPS) is 18.2. The summed E-state index contributed by atoms with van der Waals surface area (Å²) in [6.45, 7) is 2.46. The fourth-order valence-electron chi connectivity index (χ4n) is 5.92. The number of nitrogens with one attached hydrogen (secondary N) is 1. The van der Waals surface area contributed by atoms with Crippen LogP contribution in [0.25, 0.3) is 22.3 Å². The van der Waals surface area contributed by atoms with Crippen molar-refractivity contribution in [1.29, 1.82) is 0 Å². The number of carbonyl (C=O) groups excluding carboxylic acids is 2. The van der Waals surface area contributed by atoms with Crippen LogP contribution in [-0.4, -0.2) is 76.7 Å². The number of rotatable bonds is 6. The Hall–Kier alpha value is -5.22. The van der Waals surface area contributed by atoms with Crippen LogP contribution in [0.5, 0.6) is 0 Å². The van der Waals surface area contributed by atoms with Crippen molar-refractivity contribution in [2.24, 2.45) is 0 Å². The van der Waals surface area contributed by atoms with Gasteiger partial charge in [0.2, 0.25) is 0 Å². The van der Waals surface area contributed by atoms with Crippen LogP contribution in [0, 0.1) is 0 Å². The third-order valence-electron chi connectivity index (χ3n) is 8.22. The van der Waals surface area contributed by atoms with Gasteiger partial charge in [-0.05, 0) is 52.9 Å². The summed E-state index contributed by atoms with van der Waals surface area (Å²) in [7, 11) is 0. The molecular weight excluding hydrogens is 558 g/mol. The molecule has 2 fully saturated rings. The monoisotopic (exact) mass is 591 g/mol. The summed E-state index contributed by atoms with van der Waals surface area (Å²) in [6.07, 6.45) is 0.990. The van der Waals surface area contributed by atoms with Gasteiger partial charge >= 0.3 is 6.09 Å². The van der Waals surface area contributed by atoms with Crippen molar-refractivity contribution >= 4 is 23.7 Å². The zero-order valence-corrected chi connectivity index (χ0v) is 24.1. The average Bonchev–Trinajstić information content (AvgIpc) is 3.49. The van der Waals surface area contributed by atoms with Gasteiger partial charge in [0.05, 0.1) is 30.9 Å². The summed E-state index contributed by atoms with van der Waals surface area (Å²) < 4.78 is 5.34. The molecule has 0 radical (unpaired) electrons. The lowest BCUT2D eigenvalue weighted by Crippen LogP contribution is -2.41. The van der Waals surface area contributed by atoms with Gasteiger partial charge in [0, 0.05) is 37.0 Å². The molecule has 10 heteroatoms. The van der Waals surface area contributed by atoms with Crippen molar-refractivity contribution in [3.05, 3.63) is 108 Å². The van der Waals surface area contributed by atoms with Crippen molar-refractivity contribution in [2.75, 3.05) is 38.6 Å². The van der Waals surface area contributed by atoms with Crippen molar-refractivity contribution < 1.29 is 24.2 Å². The van der Waals surface area contributed by atoms with Crippen LogP contribution < -0.4 is 11.1 Å². The number of hydrogen-bond donors (Lipinski definition) is 3. The van der Waals surface area contributed by atoms with Gasteiger partial charge < -0.3 is 25.8 Å². The quantitative estimate of drug-likeness (QED) is 0.296. The van der Waals surface area contributed by atoms with Gasteiger partial charge in [0.1, 0.15) is 5.82 Å². The van der Waals surface area contributed by atoms with Crippen LogP contribution in [-0.2, 0) is 4.74 Å². The number of aromatic nitrogens is 1. The standard InChI is InChI=1S/C34H33N5O5/c35-31-28(20-27(21-36-31)23-9-11-24(12-10-23)33(41)38-15-17-44-18-16-38)32(40)37-29-13-14-39(34(42)43)30(29)26-8-4-7-25(19-26)22-5-2-1-3-6-22/h1-12,19-21,29-30H,13-18H2,(H2,35,36)(H,37,40)(H,42,43). The first kappa shape index (κ1) is 28.9. The fraction of sp³-hybridized carbons (Fsp3) is 0.235. The Labute approximate surface area is 255 Å². The maximum Gasteiger partial charge on any atom is 0.407 e. The highest BCUT2D eigenvalue weighted by molar-refractivity contribution is 6.00. The minimum absolute atomic E-state index is 0.0498. The maximum atomic E-state index is 13.6. The zero-order chi connectivity index (χ0) is 30.6. The predicted molar refractivity (Wildman–Crippen MR) is 166 cm³/mol. The van der Waals surface area contributed by atoms with Crippen molar-refractivity contribution in [3.8, 4) is 22.3 Å². The summed E-state index contributed by atoms with van der Waals surface area (Å²) >= 11 is 0. The van der Waals surface area contributed by atoms with Gasteiger partial charge in [0.15, 0.2) is 0 Å². The number of amides is 3. The first-order valence-electron chi connectivity index (χ1n) is 14.6. The molecule has 2 unspecified atom stereocenters. The second-order valence-electron chi connectivity index (χ2n) is 10.9. The van der Waals surface area contributed by atoms with E-state index >= 15 is 0 Å². The number of pyridine rings is 1. The zero-order valence-electron chi connectivity index (χ0n) is 24.1. The van der Waals surface area contributed by atoms with Gasteiger partial charge in [-0.25, -0.2) is 9.78 Å². The number of nitrogens with zero attached hydrogens (tertiary/aromatic N) is 3. The largest absolute Gasteiger partial charge is 0.465 e. The van der Waals surface area contributed by atoms with Crippen LogP contribution in [0.15, 0.2) is 91.1 Å². The summed E-state index contributed by atoms with van der Waals surface area (Å²) in [6, 6.07) is 25.4. The molecule has 3 amide bonds. The van der Waals surface area contributed by atoms with Crippen molar-refractivity contribution in [2.45, 2.75) is 18.5 Å². The van der Waals surface area contributed by atoms with E-state index in [-0.39, 0.29) is 23.8 Å². The Morgan fingerprint density at radius 3 is 2.27 bits per heavy atom. The van der Waals surface area contributed by atoms with Gasteiger partial charge in [-0.2, -0.15) is 0 Å². The lowest BCUT2D eigenvalue weighted by molar-refractivity contribution is 0.0303. The van der Waals surface area contributed by atoms with Crippen LogP contribution in [0.1, 0.15) is 38.7 Å². The van der Waals surface area contributed by atoms with E-state index in [1.807, 2.05) is 66.7 Å². The molecule has 2 aliphatic rings. The molecule has 224 valence electrons. The number of morpholine rings is 1. The van der Waals surface area contributed by atoms with E-state index in [9.17, 15) is 19.5 Å². The second kappa shape index (κ2) is 12.6. The van der Waals surface area contributed by atoms with Crippen LogP contribution in [0.4, 0.5) is 10.6 Å². The molecule has 2 atom stereocenters. The van der Waals surface area contributed by atoms with E-state index in [1.54, 1.807) is 29.3 Å². The predicted octanol–water partition coefficient (Wildman–Crippen LogP) is 4.69. The van der Waals surface area contributed by atoms with Crippen LogP contribution in [0.3, 0.4) is 0 Å². The molecule has 44 heavy (non-hydrogen) atoms. The van der Waals surface area contributed by atoms with E-state index in [1.165, 1.54) is 4.90 Å². The molecule has 2 saturated heterocycles. The van der Waals surface area contributed by atoms with E-state index in [0.717, 1.165) is 22.3 Å². The summed E-state index contributed by atoms with van der Waals surface area (Å²) in [4.78, 5) is 46.1. The Balaban J connectivity index is 1.22. The van der Waals surface area contributed by atoms with Crippen molar-refractivity contribution in [3.63, 3.8) is 0 Å². The first-order chi connectivity index (χ1) is 21.4. The van der Waals surface area contributed by atoms with Gasteiger partial charge in [-0.1, -0.05) is 60.7 Å². The highest BCUT2D eigenvalue weighted by atomic mass is 16.5. The first-order valence-corrected chi connectivity index (χ1v) is 14.6. The maximum absolute atomic E-state index is 13.6. The van der Waals surface area contributed by atoms with Crippen LogP contribution in [0.2, 0.25) is 0 Å². The molecule has 0 bridgehead atoms. The smallest absolute Gasteiger partial charge is 0.407 e. The minimum Gasteiger partial charge on any atom is -0.465 e. The number of carbonyl (C=O) groups is 3. The molecular formula is C34H33N5O5. The average molecular weight is 592 g/mol. The molecule has 0 spiro atoms. The topological polar surface area (TPSA) is 138 Å². The second-order valence-corrected chi connectivity index (χ2v) is 10.9.